The fraction of sp³-hybridized carbons (Fsp3) is 0.524. The Bertz CT molecular complexity index is 716. The number of hydrogen-bond donors (Lipinski definition) is 1. The van der Waals surface area contributed by atoms with E-state index < -0.39 is 0 Å². The standard InChI is InChI=1S/C21H30N4/c1-5-25(6-2)21(3,4)14-17-19(22)18(15-12-13-15)20(24-23-17)16-10-8-7-9-11-16/h7-11,15H,5-6,12-14H2,1-4H3,(H2,22,24). The van der Waals surface area contributed by atoms with Gasteiger partial charge in [-0.15, -0.1) is 5.10 Å². The number of aromatic nitrogens is 2. The van der Waals surface area contributed by atoms with Crippen LogP contribution in [0.25, 0.3) is 11.3 Å². The number of hydrogen-bond acceptors (Lipinski definition) is 4. The Morgan fingerprint density at radius 2 is 1.72 bits per heavy atom. The summed E-state index contributed by atoms with van der Waals surface area (Å²) in [5.41, 5.74) is 11.7. The van der Waals surface area contributed by atoms with Crippen molar-refractivity contribution in [1.29, 1.82) is 0 Å². The minimum absolute atomic E-state index is 0.0153. The summed E-state index contributed by atoms with van der Waals surface area (Å²) in [5.74, 6) is 0.543. The lowest BCUT2D eigenvalue weighted by Gasteiger charge is -2.37. The van der Waals surface area contributed by atoms with Crippen LogP contribution in [-0.4, -0.2) is 33.7 Å². The van der Waals surface area contributed by atoms with E-state index in [0.717, 1.165) is 42.1 Å². The van der Waals surface area contributed by atoms with Gasteiger partial charge in [0.25, 0.3) is 0 Å². The number of anilines is 1. The summed E-state index contributed by atoms with van der Waals surface area (Å²) in [6.07, 6.45) is 3.23. The van der Waals surface area contributed by atoms with Crippen molar-refractivity contribution in [3.8, 4) is 11.3 Å². The van der Waals surface area contributed by atoms with Gasteiger partial charge in [0, 0.05) is 23.1 Å². The molecule has 4 heteroatoms. The van der Waals surface area contributed by atoms with E-state index in [0.29, 0.717) is 5.92 Å². The van der Waals surface area contributed by atoms with Crippen molar-refractivity contribution < 1.29 is 0 Å². The van der Waals surface area contributed by atoms with Crippen LogP contribution in [-0.2, 0) is 6.42 Å². The van der Waals surface area contributed by atoms with E-state index in [9.17, 15) is 0 Å². The maximum absolute atomic E-state index is 6.63. The highest BCUT2D eigenvalue weighted by atomic mass is 15.2. The first kappa shape index (κ1) is 17.9. The molecule has 0 unspecified atom stereocenters. The first-order valence-corrected chi connectivity index (χ1v) is 9.43. The number of nitrogen functional groups attached to an aromatic ring is 1. The Kier molecular flexibility index (Phi) is 5.09. The van der Waals surface area contributed by atoms with Gasteiger partial charge < -0.3 is 5.73 Å². The molecule has 1 aliphatic carbocycles. The summed E-state index contributed by atoms with van der Waals surface area (Å²) in [4.78, 5) is 2.45. The molecule has 0 radical (unpaired) electrons. The highest BCUT2D eigenvalue weighted by Gasteiger charge is 2.33. The number of likely N-dealkylation sites (N-methyl/N-ethyl adjacent to an activating group) is 1. The second-order valence-electron chi connectivity index (χ2n) is 7.62. The van der Waals surface area contributed by atoms with E-state index >= 15 is 0 Å². The van der Waals surface area contributed by atoms with Crippen molar-refractivity contribution in [2.75, 3.05) is 18.8 Å². The number of benzene rings is 1. The predicted molar refractivity (Wildman–Crippen MR) is 105 cm³/mol. The maximum Gasteiger partial charge on any atom is 0.0985 e. The third kappa shape index (κ3) is 3.69. The Morgan fingerprint density at radius 1 is 1.08 bits per heavy atom. The Hall–Kier alpha value is -1.94. The smallest absolute Gasteiger partial charge is 0.0985 e. The first-order chi connectivity index (χ1) is 12.0. The molecule has 0 spiro atoms. The van der Waals surface area contributed by atoms with Crippen molar-refractivity contribution >= 4 is 5.69 Å². The van der Waals surface area contributed by atoms with Gasteiger partial charge in [-0.1, -0.05) is 44.2 Å². The number of rotatable bonds is 7. The molecule has 3 rings (SSSR count). The van der Waals surface area contributed by atoms with Gasteiger partial charge in [0.1, 0.15) is 0 Å². The van der Waals surface area contributed by atoms with Gasteiger partial charge >= 0.3 is 0 Å². The van der Waals surface area contributed by atoms with Crippen LogP contribution < -0.4 is 5.73 Å². The lowest BCUT2D eigenvalue weighted by Crippen LogP contribution is -2.45. The fourth-order valence-electron chi connectivity index (χ4n) is 3.83. The first-order valence-electron chi connectivity index (χ1n) is 9.43. The van der Waals surface area contributed by atoms with E-state index in [1.54, 1.807) is 0 Å². The lowest BCUT2D eigenvalue weighted by molar-refractivity contribution is 0.134. The molecule has 1 heterocycles. The van der Waals surface area contributed by atoms with Gasteiger partial charge in [0.2, 0.25) is 0 Å². The normalized spacial score (nSPS) is 14.9. The van der Waals surface area contributed by atoms with E-state index in [4.69, 9.17) is 5.73 Å². The van der Waals surface area contributed by atoms with Gasteiger partial charge in [0.15, 0.2) is 0 Å². The molecule has 0 saturated heterocycles. The van der Waals surface area contributed by atoms with E-state index in [1.165, 1.54) is 18.4 Å². The zero-order chi connectivity index (χ0) is 18.0. The van der Waals surface area contributed by atoms with Crippen LogP contribution in [0.15, 0.2) is 30.3 Å². The maximum atomic E-state index is 6.63. The summed E-state index contributed by atoms with van der Waals surface area (Å²) < 4.78 is 0. The molecule has 4 nitrogen and oxygen atoms in total. The molecule has 0 aliphatic heterocycles. The molecule has 1 aromatic heterocycles. The molecule has 1 aliphatic rings. The molecular weight excluding hydrogens is 308 g/mol. The number of nitrogens with two attached hydrogens (primary N) is 1. The number of nitrogens with zero attached hydrogens (tertiary/aromatic N) is 3. The summed E-state index contributed by atoms with van der Waals surface area (Å²) >= 11 is 0. The van der Waals surface area contributed by atoms with E-state index in [-0.39, 0.29) is 5.54 Å². The molecule has 1 saturated carbocycles. The molecule has 1 aromatic carbocycles. The van der Waals surface area contributed by atoms with Gasteiger partial charge in [0.05, 0.1) is 17.1 Å². The van der Waals surface area contributed by atoms with Gasteiger partial charge in [-0.3, -0.25) is 4.90 Å². The van der Waals surface area contributed by atoms with Crippen molar-refractivity contribution in [1.82, 2.24) is 15.1 Å². The second-order valence-corrected chi connectivity index (χ2v) is 7.62. The molecular formula is C21H30N4. The average molecular weight is 338 g/mol. The van der Waals surface area contributed by atoms with Crippen molar-refractivity contribution in [2.24, 2.45) is 0 Å². The van der Waals surface area contributed by atoms with Gasteiger partial charge in [-0.05, 0) is 45.7 Å². The second kappa shape index (κ2) is 7.12. The van der Waals surface area contributed by atoms with Gasteiger partial charge in [-0.2, -0.15) is 5.10 Å². The summed E-state index contributed by atoms with van der Waals surface area (Å²) in [5, 5.41) is 9.18. The van der Waals surface area contributed by atoms with Crippen molar-refractivity contribution in [3.63, 3.8) is 0 Å². The van der Waals surface area contributed by atoms with Crippen LogP contribution in [0.3, 0.4) is 0 Å². The Labute approximate surface area is 151 Å². The topological polar surface area (TPSA) is 55.0 Å². The van der Waals surface area contributed by atoms with E-state index in [2.05, 4.69) is 54.9 Å². The van der Waals surface area contributed by atoms with E-state index in [1.807, 2.05) is 18.2 Å². The van der Waals surface area contributed by atoms with Crippen LogP contribution >= 0.6 is 0 Å². The fourth-order valence-corrected chi connectivity index (χ4v) is 3.83. The third-order valence-corrected chi connectivity index (χ3v) is 5.38. The molecule has 134 valence electrons. The summed E-state index contributed by atoms with van der Waals surface area (Å²) in [6, 6.07) is 10.3. The summed E-state index contributed by atoms with van der Waals surface area (Å²) in [6.45, 7) is 11.0. The largest absolute Gasteiger partial charge is 0.397 e. The molecule has 0 bridgehead atoms. The minimum atomic E-state index is 0.0153. The Morgan fingerprint density at radius 3 is 2.28 bits per heavy atom. The molecule has 25 heavy (non-hydrogen) atoms. The SMILES string of the molecule is CCN(CC)C(C)(C)Cc1nnc(-c2ccccc2)c(C2CC2)c1N. The quantitative estimate of drug-likeness (QED) is 0.819. The molecule has 0 atom stereocenters. The molecule has 1 fully saturated rings. The Balaban J connectivity index is 1.99. The third-order valence-electron chi connectivity index (χ3n) is 5.38. The van der Waals surface area contributed by atoms with Crippen LogP contribution in [0.1, 0.15) is 57.7 Å². The lowest BCUT2D eigenvalue weighted by atomic mass is 9.92. The van der Waals surface area contributed by atoms with Crippen LogP contribution in [0.2, 0.25) is 0 Å². The zero-order valence-corrected chi connectivity index (χ0v) is 15.9. The summed E-state index contributed by atoms with van der Waals surface area (Å²) in [7, 11) is 0. The highest BCUT2D eigenvalue weighted by Crippen LogP contribution is 2.47. The average Bonchev–Trinajstić information content (AvgIpc) is 3.42. The zero-order valence-electron chi connectivity index (χ0n) is 15.9. The molecule has 2 aromatic rings. The monoisotopic (exact) mass is 338 g/mol. The minimum Gasteiger partial charge on any atom is -0.397 e. The predicted octanol–water partition coefficient (Wildman–Crippen LogP) is 4.27. The van der Waals surface area contributed by atoms with Crippen LogP contribution in [0.4, 0.5) is 5.69 Å². The van der Waals surface area contributed by atoms with Gasteiger partial charge in [-0.25, -0.2) is 0 Å². The van der Waals surface area contributed by atoms with Crippen LogP contribution in [0.5, 0.6) is 0 Å². The van der Waals surface area contributed by atoms with Crippen molar-refractivity contribution in [2.45, 2.75) is 58.4 Å². The highest BCUT2D eigenvalue weighted by molar-refractivity contribution is 5.71. The van der Waals surface area contributed by atoms with Crippen LogP contribution in [0, 0.1) is 0 Å². The molecule has 0 amide bonds. The molecule has 2 N–H and O–H groups in total. The van der Waals surface area contributed by atoms with Crippen molar-refractivity contribution in [3.05, 3.63) is 41.6 Å².